The summed E-state index contributed by atoms with van der Waals surface area (Å²) in [5.74, 6) is 1.36. The molecule has 0 radical (unpaired) electrons. The second-order valence-corrected chi connectivity index (χ2v) is 6.02. The van der Waals surface area contributed by atoms with Crippen molar-refractivity contribution in [1.29, 1.82) is 0 Å². The molecule has 0 amide bonds. The van der Waals surface area contributed by atoms with Gasteiger partial charge in [0.1, 0.15) is 5.75 Å². The Balaban J connectivity index is 0.00000338. The van der Waals surface area contributed by atoms with Crippen molar-refractivity contribution >= 4 is 29.9 Å². The number of guanidine groups is 1. The summed E-state index contributed by atoms with van der Waals surface area (Å²) in [5.41, 5.74) is 0.644. The molecule has 1 N–H and O–H groups in total. The smallest absolute Gasteiger partial charge is 0.422 e. The molecule has 0 aromatic heterocycles. The number of hydrogen-bond donors (Lipinski definition) is 1. The van der Waals surface area contributed by atoms with Gasteiger partial charge in [0.25, 0.3) is 0 Å². The highest BCUT2D eigenvalue weighted by atomic mass is 127. The van der Waals surface area contributed by atoms with Crippen LogP contribution in [0, 0.1) is 5.92 Å². The molecule has 1 aromatic carbocycles. The first-order chi connectivity index (χ1) is 11.9. The highest BCUT2D eigenvalue weighted by Crippen LogP contribution is 2.22. The number of rotatable bonds is 6. The summed E-state index contributed by atoms with van der Waals surface area (Å²) in [6, 6.07) is 6.68. The van der Waals surface area contributed by atoms with Crippen LogP contribution >= 0.6 is 24.0 Å². The monoisotopic (exact) mass is 487 g/mol. The molecule has 0 saturated carbocycles. The van der Waals surface area contributed by atoms with Crippen LogP contribution in [0.3, 0.4) is 0 Å². The van der Waals surface area contributed by atoms with E-state index >= 15 is 0 Å². The van der Waals surface area contributed by atoms with Gasteiger partial charge in [-0.3, -0.25) is 4.99 Å². The minimum atomic E-state index is -4.36. The molecule has 26 heavy (non-hydrogen) atoms. The molecule has 148 valence electrons. The van der Waals surface area contributed by atoms with Crippen molar-refractivity contribution < 1.29 is 22.6 Å². The molecule has 1 aromatic rings. The molecule has 1 atom stereocenters. The lowest BCUT2D eigenvalue weighted by molar-refractivity contribution is -0.153. The van der Waals surface area contributed by atoms with Crippen LogP contribution in [0.25, 0.3) is 0 Å². The quantitative estimate of drug-likeness (QED) is 0.380. The van der Waals surface area contributed by atoms with Gasteiger partial charge in [0.05, 0.1) is 6.61 Å². The van der Waals surface area contributed by atoms with E-state index in [9.17, 15) is 13.2 Å². The molecule has 2 rings (SSSR count). The summed E-state index contributed by atoms with van der Waals surface area (Å²) in [7, 11) is 3.61. The minimum Gasteiger partial charge on any atom is -0.484 e. The third kappa shape index (κ3) is 7.56. The van der Waals surface area contributed by atoms with Gasteiger partial charge in [-0.25, -0.2) is 0 Å². The van der Waals surface area contributed by atoms with Gasteiger partial charge in [0.2, 0.25) is 0 Å². The lowest BCUT2D eigenvalue weighted by atomic mass is 10.1. The van der Waals surface area contributed by atoms with E-state index in [1.54, 1.807) is 25.2 Å². The largest absolute Gasteiger partial charge is 0.484 e. The normalized spacial score (nSPS) is 17.6. The van der Waals surface area contributed by atoms with E-state index in [1.165, 1.54) is 6.07 Å². The fourth-order valence-electron chi connectivity index (χ4n) is 2.71. The van der Waals surface area contributed by atoms with E-state index < -0.39 is 12.8 Å². The number of alkyl halides is 3. The Hall–Kier alpha value is -1.23. The van der Waals surface area contributed by atoms with E-state index in [0.717, 1.165) is 26.2 Å². The van der Waals surface area contributed by atoms with Crippen LogP contribution in [-0.2, 0) is 11.3 Å². The molecule has 1 heterocycles. The van der Waals surface area contributed by atoms with Crippen molar-refractivity contribution in [2.45, 2.75) is 19.1 Å². The molecule has 1 aliphatic rings. The molecule has 0 bridgehead atoms. The number of benzene rings is 1. The van der Waals surface area contributed by atoms with Crippen molar-refractivity contribution in [3.05, 3.63) is 29.8 Å². The Labute approximate surface area is 169 Å². The summed E-state index contributed by atoms with van der Waals surface area (Å²) < 4.78 is 47.4. The summed E-state index contributed by atoms with van der Waals surface area (Å²) >= 11 is 0. The number of nitrogens with zero attached hydrogens (tertiary/aromatic N) is 2. The molecule has 1 saturated heterocycles. The van der Waals surface area contributed by atoms with Gasteiger partial charge >= 0.3 is 6.18 Å². The predicted octanol–water partition coefficient (Wildman–Crippen LogP) is 3.29. The predicted molar refractivity (Wildman–Crippen MR) is 105 cm³/mol. The lowest BCUT2D eigenvalue weighted by Gasteiger charge is -2.25. The number of nitrogens with one attached hydrogen (secondary N) is 1. The Bertz CT molecular complexity index is 579. The molecule has 9 heteroatoms. The maximum atomic E-state index is 12.4. The third-order valence-electron chi connectivity index (χ3n) is 3.93. The fraction of sp³-hybridized carbons (Fsp3) is 0.588. The standard InChI is InChI=1S/C17H24F3N3O2.HI/c1-21-16(23(2)10-13-7-8-24-11-13)22-9-14-5-3-4-6-15(14)25-12-17(18,19)20;/h3-6,13H,7-12H2,1-2H3,(H,21,22);1H. The molecular weight excluding hydrogens is 462 g/mol. The van der Waals surface area contributed by atoms with Crippen LogP contribution in [0.15, 0.2) is 29.3 Å². The van der Waals surface area contributed by atoms with Gasteiger partial charge in [-0.05, 0) is 12.5 Å². The third-order valence-corrected chi connectivity index (χ3v) is 3.93. The van der Waals surface area contributed by atoms with E-state index in [1.807, 2.05) is 11.9 Å². The average molecular weight is 487 g/mol. The average Bonchev–Trinajstić information content (AvgIpc) is 3.06. The maximum absolute atomic E-state index is 12.4. The SMILES string of the molecule is CN=C(NCc1ccccc1OCC(F)(F)F)N(C)CC1CCOC1.I. The van der Waals surface area contributed by atoms with Crippen LogP contribution in [-0.4, -0.2) is 57.5 Å². The summed E-state index contributed by atoms with van der Waals surface area (Å²) in [5, 5.41) is 3.17. The van der Waals surface area contributed by atoms with Gasteiger partial charge in [0, 0.05) is 45.3 Å². The fourth-order valence-corrected chi connectivity index (χ4v) is 2.71. The van der Waals surface area contributed by atoms with Crippen molar-refractivity contribution in [2.24, 2.45) is 10.9 Å². The van der Waals surface area contributed by atoms with Gasteiger partial charge in [-0.2, -0.15) is 13.2 Å². The first kappa shape index (κ1) is 22.8. The molecular formula is C17H25F3IN3O2. The van der Waals surface area contributed by atoms with Crippen LogP contribution in [0.2, 0.25) is 0 Å². The summed E-state index contributed by atoms with van der Waals surface area (Å²) in [6.45, 7) is 1.36. The minimum absolute atomic E-state index is 0. The Morgan fingerprint density at radius 2 is 2.12 bits per heavy atom. The van der Waals surface area contributed by atoms with Crippen molar-refractivity contribution in [3.63, 3.8) is 0 Å². The zero-order valence-electron chi connectivity index (χ0n) is 14.9. The Kier molecular flexibility index (Phi) is 9.48. The molecule has 0 spiro atoms. The first-order valence-electron chi connectivity index (χ1n) is 8.16. The van der Waals surface area contributed by atoms with Crippen LogP contribution < -0.4 is 10.1 Å². The molecule has 1 fully saturated rings. The second-order valence-electron chi connectivity index (χ2n) is 6.02. The van der Waals surface area contributed by atoms with Crippen molar-refractivity contribution in [3.8, 4) is 5.75 Å². The van der Waals surface area contributed by atoms with E-state index in [-0.39, 0.29) is 29.7 Å². The van der Waals surface area contributed by atoms with Crippen molar-refractivity contribution in [2.75, 3.05) is 40.5 Å². The highest BCUT2D eigenvalue weighted by molar-refractivity contribution is 14.0. The number of halogens is 4. The maximum Gasteiger partial charge on any atom is 0.422 e. The zero-order valence-corrected chi connectivity index (χ0v) is 17.2. The first-order valence-corrected chi connectivity index (χ1v) is 8.16. The summed E-state index contributed by atoms with van der Waals surface area (Å²) in [4.78, 5) is 6.23. The topological polar surface area (TPSA) is 46.1 Å². The Morgan fingerprint density at radius 1 is 1.38 bits per heavy atom. The van der Waals surface area contributed by atoms with Gasteiger partial charge in [0.15, 0.2) is 12.6 Å². The lowest BCUT2D eigenvalue weighted by Crippen LogP contribution is -2.41. The number of para-hydroxylation sites is 1. The van der Waals surface area contributed by atoms with E-state index in [0.29, 0.717) is 24.0 Å². The molecule has 5 nitrogen and oxygen atoms in total. The summed E-state index contributed by atoms with van der Waals surface area (Å²) in [6.07, 6.45) is -3.34. The zero-order chi connectivity index (χ0) is 18.3. The Morgan fingerprint density at radius 3 is 2.73 bits per heavy atom. The molecule has 0 aliphatic carbocycles. The van der Waals surface area contributed by atoms with Crippen molar-refractivity contribution in [1.82, 2.24) is 10.2 Å². The number of ether oxygens (including phenoxy) is 2. The highest BCUT2D eigenvalue weighted by Gasteiger charge is 2.28. The number of hydrogen-bond acceptors (Lipinski definition) is 3. The molecule has 1 aliphatic heterocycles. The van der Waals surface area contributed by atoms with E-state index in [4.69, 9.17) is 9.47 Å². The van der Waals surface area contributed by atoms with E-state index in [2.05, 4.69) is 10.3 Å². The van der Waals surface area contributed by atoms with Gasteiger partial charge in [-0.15, -0.1) is 24.0 Å². The van der Waals surface area contributed by atoms with Crippen LogP contribution in [0.4, 0.5) is 13.2 Å². The second kappa shape index (κ2) is 10.8. The molecule has 1 unspecified atom stereocenters. The van der Waals surface area contributed by atoms with Crippen LogP contribution in [0.1, 0.15) is 12.0 Å². The van der Waals surface area contributed by atoms with Gasteiger partial charge < -0.3 is 19.7 Å². The van der Waals surface area contributed by atoms with Crippen LogP contribution in [0.5, 0.6) is 5.75 Å². The van der Waals surface area contributed by atoms with Gasteiger partial charge in [-0.1, -0.05) is 18.2 Å². The number of aliphatic imine (C=N–C) groups is 1.